The number of aliphatic hydroxyl groups is 1. The molecule has 1 unspecified atom stereocenters. The molecule has 3 aromatic rings. The molecule has 0 heterocycles. The molecule has 0 aliphatic carbocycles. The quantitative estimate of drug-likeness (QED) is 0.243. The molecular formula is C30H36F3NO3S. The molecule has 0 fully saturated rings. The van der Waals surface area contributed by atoms with Crippen molar-refractivity contribution in [2.75, 3.05) is 10.8 Å². The second-order valence-electron chi connectivity index (χ2n) is 10.1. The summed E-state index contributed by atoms with van der Waals surface area (Å²) in [6.45, 7) is 5.97. The normalized spacial score (nSPS) is 13.9. The van der Waals surface area contributed by atoms with Crippen molar-refractivity contribution >= 4 is 15.7 Å². The highest BCUT2D eigenvalue weighted by Gasteiger charge is 2.54. The van der Waals surface area contributed by atoms with Crippen LogP contribution in [0.1, 0.15) is 56.7 Å². The van der Waals surface area contributed by atoms with Crippen LogP contribution >= 0.6 is 0 Å². The third kappa shape index (κ3) is 6.97. The van der Waals surface area contributed by atoms with E-state index in [0.717, 1.165) is 43.4 Å². The summed E-state index contributed by atoms with van der Waals surface area (Å²) in [5, 5.41) is 11.0. The van der Waals surface area contributed by atoms with Crippen molar-refractivity contribution in [1.29, 1.82) is 0 Å². The summed E-state index contributed by atoms with van der Waals surface area (Å²) in [7, 11) is -3.94. The maximum absolute atomic E-state index is 14.2. The summed E-state index contributed by atoms with van der Waals surface area (Å²) in [4.78, 5) is 0.0923. The van der Waals surface area contributed by atoms with Gasteiger partial charge in [0.25, 0.3) is 10.0 Å². The lowest BCUT2D eigenvalue weighted by Gasteiger charge is -2.32. The van der Waals surface area contributed by atoms with E-state index in [1.54, 1.807) is 30.3 Å². The molecule has 0 saturated carbocycles. The number of anilines is 1. The van der Waals surface area contributed by atoms with Crippen LogP contribution in [0.25, 0.3) is 0 Å². The van der Waals surface area contributed by atoms with Gasteiger partial charge < -0.3 is 5.11 Å². The minimum atomic E-state index is -4.94. The van der Waals surface area contributed by atoms with Crippen LogP contribution in [0.2, 0.25) is 0 Å². The maximum atomic E-state index is 14.2. The molecular weight excluding hydrogens is 511 g/mol. The fourth-order valence-corrected chi connectivity index (χ4v) is 6.01. The molecule has 0 saturated heterocycles. The molecule has 4 nitrogen and oxygen atoms in total. The van der Waals surface area contributed by atoms with E-state index < -0.39 is 28.2 Å². The molecule has 0 aliphatic rings. The first-order valence-corrected chi connectivity index (χ1v) is 14.4. The zero-order valence-electron chi connectivity index (χ0n) is 22.1. The molecule has 206 valence electrons. The van der Waals surface area contributed by atoms with Gasteiger partial charge in [-0.3, -0.25) is 4.31 Å². The number of hydrogen-bond donors (Lipinski definition) is 1. The highest BCUT2D eigenvalue weighted by molar-refractivity contribution is 7.92. The van der Waals surface area contributed by atoms with Gasteiger partial charge in [-0.25, -0.2) is 8.42 Å². The second-order valence-corrected chi connectivity index (χ2v) is 12.0. The summed E-state index contributed by atoms with van der Waals surface area (Å²) in [5.41, 5.74) is -1.83. The predicted molar refractivity (Wildman–Crippen MR) is 146 cm³/mol. The van der Waals surface area contributed by atoms with Crippen molar-refractivity contribution in [3.63, 3.8) is 0 Å². The largest absolute Gasteiger partial charge is 0.421 e. The minimum absolute atomic E-state index is 0.0368. The zero-order valence-corrected chi connectivity index (χ0v) is 22.9. The van der Waals surface area contributed by atoms with Gasteiger partial charge in [0.05, 0.1) is 10.6 Å². The molecule has 1 N–H and O–H groups in total. The average molecular weight is 548 g/mol. The van der Waals surface area contributed by atoms with Gasteiger partial charge in [0.2, 0.25) is 0 Å². The van der Waals surface area contributed by atoms with E-state index in [1.165, 1.54) is 28.6 Å². The van der Waals surface area contributed by atoms with Gasteiger partial charge in [-0.15, -0.1) is 0 Å². The van der Waals surface area contributed by atoms with Crippen LogP contribution in [0.3, 0.4) is 0 Å². The summed E-state index contributed by atoms with van der Waals surface area (Å²) in [5.74, 6) is -0.0368. The smallest absolute Gasteiger partial charge is 0.376 e. The second kappa shape index (κ2) is 12.3. The fourth-order valence-electron chi connectivity index (χ4n) is 4.36. The SMILES string of the molecule is CCCCCc1ccc(CC(O)(c2ccc(N(CC(C)C)S(=O)(=O)c3ccccc3)cc2)C(F)(F)F)cc1. The fraction of sp³-hybridized carbons (Fsp3) is 0.400. The topological polar surface area (TPSA) is 57.6 Å². The number of rotatable bonds is 12. The lowest BCUT2D eigenvalue weighted by Crippen LogP contribution is -2.44. The van der Waals surface area contributed by atoms with Crippen LogP contribution in [0.5, 0.6) is 0 Å². The van der Waals surface area contributed by atoms with E-state index in [4.69, 9.17) is 0 Å². The number of benzene rings is 3. The predicted octanol–water partition coefficient (Wildman–Crippen LogP) is 7.26. The Morgan fingerprint density at radius 1 is 0.842 bits per heavy atom. The van der Waals surface area contributed by atoms with Gasteiger partial charge >= 0.3 is 6.18 Å². The van der Waals surface area contributed by atoms with Crippen LogP contribution in [-0.4, -0.2) is 26.2 Å². The molecule has 3 aromatic carbocycles. The first-order chi connectivity index (χ1) is 17.9. The van der Waals surface area contributed by atoms with Crippen LogP contribution in [0.4, 0.5) is 18.9 Å². The highest BCUT2D eigenvalue weighted by Crippen LogP contribution is 2.42. The Kier molecular flexibility index (Phi) is 9.65. The first kappa shape index (κ1) is 29.7. The van der Waals surface area contributed by atoms with E-state index in [1.807, 2.05) is 26.0 Å². The van der Waals surface area contributed by atoms with Gasteiger partial charge in [0.1, 0.15) is 0 Å². The highest BCUT2D eigenvalue weighted by atomic mass is 32.2. The molecule has 3 rings (SSSR count). The third-order valence-corrected chi connectivity index (χ3v) is 8.32. The number of aryl methyl sites for hydroxylation is 1. The van der Waals surface area contributed by atoms with E-state index in [-0.39, 0.29) is 28.6 Å². The summed E-state index contributed by atoms with van der Waals surface area (Å²) >= 11 is 0. The number of hydrogen-bond acceptors (Lipinski definition) is 3. The van der Waals surface area contributed by atoms with Crippen LogP contribution in [-0.2, 0) is 28.5 Å². The number of unbranched alkanes of at least 4 members (excludes halogenated alkanes) is 2. The Hall–Kier alpha value is -2.84. The zero-order chi connectivity index (χ0) is 28.0. The standard InChI is InChI=1S/C30H36F3NO3S/c1-4-5-7-10-24-13-15-25(16-14-24)21-29(35,30(31,32)33)26-17-19-27(20-18-26)34(22-23(2)3)38(36,37)28-11-8-6-9-12-28/h6,8-9,11-20,23,35H,4-5,7,10,21-22H2,1-3H3. The average Bonchev–Trinajstić information content (AvgIpc) is 2.88. The van der Waals surface area contributed by atoms with Crippen molar-refractivity contribution in [3.8, 4) is 0 Å². The molecule has 0 aliphatic heterocycles. The summed E-state index contributed by atoms with van der Waals surface area (Å²) in [6, 6.07) is 19.7. The van der Waals surface area contributed by atoms with E-state index >= 15 is 0 Å². The van der Waals surface area contributed by atoms with Crippen LogP contribution in [0, 0.1) is 5.92 Å². The molecule has 0 amide bonds. The molecule has 0 bridgehead atoms. The van der Waals surface area contributed by atoms with Gasteiger partial charge in [-0.1, -0.05) is 88.2 Å². The van der Waals surface area contributed by atoms with Crippen molar-refractivity contribution in [1.82, 2.24) is 0 Å². The van der Waals surface area contributed by atoms with Gasteiger partial charge in [-0.2, -0.15) is 13.2 Å². The van der Waals surface area contributed by atoms with E-state index in [2.05, 4.69) is 6.92 Å². The lowest BCUT2D eigenvalue weighted by molar-refractivity contribution is -0.266. The molecule has 0 aromatic heterocycles. The summed E-state index contributed by atoms with van der Waals surface area (Å²) < 4.78 is 70.6. The minimum Gasteiger partial charge on any atom is -0.376 e. The Labute approximate surface area is 224 Å². The monoisotopic (exact) mass is 547 g/mol. The van der Waals surface area contributed by atoms with Gasteiger partial charge in [0.15, 0.2) is 5.60 Å². The number of halogens is 3. The van der Waals surface area contributed by atoms with Crippen LogP contribution in [0.15, 0.2) is 83.8 Å². The molecule has 1 atom stereocenters. The molecule has 38 heavy (non-hydrogen) atoms. The Morgan fingerprint density at radius 3 is 1.95 bits per heavy atom. The van der Waals surface area contributed by atoms with Crippen molar-refractivity contribution in [2.45, 2.75) is 69.5 Å². The summed E-state index contributed by atoms with van der Waals surface area (Å²) in [6.07, 6.45) is -1.54. The third-order valence-electron chi connectivity index (χ3n) is 6.52. The van der Waals surface area contributed by atoms with Crippen molar-refractivity contribution in [3.05, 3.63) is 95.6 Å². The number of sulfonamides is 1. The number of nitrogens with zero attached hydrogens (tertiary/aromatic N) is 1. The van der Waals surface area contributed by atoms with Crippen molar-refractivity contribution < 1.29 is 26.7 Å². The lowest BCUT2D eigenvalue weighted by atomic mass is 9.86. The van der Waals surface area contributed by atoms with E-state index in [9.17, 15) is 26.7 Å². The van der Waals surface area contributed by atoms with Gasteiger partial charge in [-0.05, 0) is 59.7 Å². The molecule has 0 spiro atoms. The molecule has 0 radical (unpaired) electrons. The first-order valence-electron chi connectivity index (χ1n) is 12.9. The maximum Gasteiger partial charge on any atom is 0.421 e. The Morgan fingerprint density at radius 2 is 1.42 bits per heavy atom. The van der Waals surface area contributed by atoms with E-state index in [0.29, 0.717) is 5.56 Å². The Balaban J connectivity index is 1.92. The van der Waals surface area contributed by atoms with Crippen LogP contribution < -0.4 is 4.31 Å². The number of alkyl halides is 3. The van der Waals surface area contributed by atoms with Gasteiger partial charge in [0, 0.05) is 13.0 Å². The molecule has 8 heteroatoms. The Bertz CT molecular complexity index is 1260. The van der Waals surface area contributed by atoms with Crippen molar-refractivity contribution in [2.24, 2.45) is 5.92 Å².